The molecule has 0 saturated carbocycles. The predicted molar refractivity (Wildman–Crippen MR) is 128 cm³/mol. The second-order valence-electron chi connectivity index (χ2n) is 8.37. The molecule has 0 N–H and O–H groups in total. The standard InChI is InChI=1S/C28H26N2O2/c31-28(27-9-5-4-8-26(27)24-6-2-1-3-7-24)30-14-15-32-20-22(19-30)16-21-10-11-23-12-13-29-18-25(23)17-21/h1-13,17-18,22H,14-16,19-20H2/t22-/m0/s1. The van der Waals surface area contributed by atoms with Gasteiger partial charge in [0, 0.05) is 42.4 Å². The molecule has 1 fully saturated rings. The maximum Gasteiger partial charge on any atom is 0.254 e. The number of hydrogen-bond donors (Lipinski definition) is 0. The van der Waals surface area contributed by atoms with Crippen LogP contribution in [0.4, 0.5) is 0 Å². The van der Waals surface area contributed by atoms with Gasteiger partial charge in [0.25, 0.3) is 5.91 Å². The van der Waals surface area contributed by atoms with Gasteiger partial charge in [-0.25, -0.2) is 0 Å². The Balaban J connectivity index is 1.37. The van der Waals surface area contributed by atoms with Crippen molar-refractivity contribution in [1.82, 2.24) is 9.88 Å². The number of ether oxygens (including phenoxy) is 1. The zero-order valence-corrected chi connectivity index (χ0v) is 18.0. The molecule has 1 atom stereocenters. The number of benzene rings is 3. The van der Waals surface area contributed by atoms with Crippen LogP contribution in [0, 0.1) is 5.92 Å². The number of amides is 1. The van der Waals surface area contributed by atoms with Crippen molar-refractivity contribution in [3.05, 3.63) is 102 Å². The summed E-state index contributed by atoms with van der Waals surface area (Å²) < 4.78 is 5.89. The Labute approximate surface area is 188 Å². The Hall–Kier alpha value is -3.50. The van der Waals surface area contributed by atoms with Crippen LogP contribution < -0.4 is 0 Å². The zero-order chi connectivity index (χ0) is 21.8. The van der Waals surface area contributed by atoms with Crippen LogP contribution in [0.5, 0.6) is 0 Å². The number of rotatable bonds is 4. The summed E-state index contributed by atoms with van der Waals surface area (Å²) in [6, 6.07) is 26.5. The number of nitrogens with zero attached hydrogens (tertiary/aromatic N) is 2. The van der Waals surface area contributed by atoms with E-state index in [1.165, 1.54) is 10.9 Å². The highest BCUT2D eigenvalue weighted by molar-refractivity contribution is 6.01. The van der Waals surface area contributed by atoms with E-state index in [1.807, 2.05) is 65.8 Å². The molecule has 4 nitrogen and oxygen atoms in total. The van der Waals surface area contributed by atoms with Crippen LogP contribution in [0.15, 0.2) is 91.3 Å². The Morgan fingerprint density at radius 3 is 2.72 bits per heavy atom. The van der Waals surface area contributed by atoms with Gasteiger partial charge in [-0.2, -0.15) is 0 Å². The second kappa shape index (κ2) is 9.33. The molecule has 5 rings (SSSR count). The van der Waals surface area contributed by atoms with Gasteiger partial charge in [0.2, 0.25) is 0 Å². The predicted octanol–water partition coefficient (Wildman–Crippen LogP) is 5.23. The summed E-state index contributed by atoms with van der Waals surface area (Å²) in [5, 5.41) is 2.33. The van der Waals surface area contributed by atoms with E-state index in [4.69, 9.17) is 4.74 Å². The molecule has 2 heterocycles. The monoisotopic (exact) mass is 422 g/mol. The molecule has 4 heteroatoms. The van der Waals surface area contributed by atoms with E-state index in [2.05, 4.69) is 35.3 Å². The molecule has 1 saturated heterocycles. The molecule has 1 aromatic heterocycles. The molecule has 0 aliphatic carbocycles. The SMILES string of the molecule is O=C(c1ccccc1-c1ccccc1)N1CCOC[C@@H](Cc2ccc3ccncc3c2)C1. The van der Waals surface area contributed by atoms with E-state index in [0.29, 0.717) is 26.3 Å². The van der Waals surface area contributed by atoms with E-state index in [1.54, 1.807) is 0 Å². The van der Waals surface area contributed by atoms with Crippen molar-refractivity contribution >= 4 is 16.7 Å². The summed E-state index contributed by atoms with van der Waals surface area (Å²) in [7, 11) is 0. The molecule has 1 amide bonds. The van der Waals surface area contributed by atoms with Gasteiger partial charge in [-0.3, -0.25) is 9.78 Å². The molecule has 1 aliphatic rings. The minimum absolute atomic E-state index is 0.0719. The van der Waals surface area contributed by atoms with Gasteiger partial charge in [-0.1, -0.05) is 60.7 Å². The molecule has 3 aromatic carbocycles. The van der Waals surface area contributed by atoms with Crippen LogP contribution in [-0.4, -0.2) is 42.1 Å². The van der Waals surface area contributed by atoms with Crippen molar-refractivity contribution < 1.29 is 9.53 Å². The molecule has 0 unspecified atom stereocenters. The number of aromatic nitrogens is 1. The molecular formula is C28H26N2O2. The summed E-state index contributed by atoms with van der Waals surface area (Å²) in [6.45, 7) is 2.53. The lowest BCUT2D eigenvalue weighted by Gasteiger charge is -2.25. The number of carbonyl (C=O) groups is 1. The molecule has 0 spiro atoms. The summed E-state index contributed by atoms with van der Waals surface area (Å²) >= 11 is 0. The first-order valence-corrected chi connectivity index (χ1v) is 11.1. The Bertz CT molecular complexity index is 1220. The Morgan fingerprint density at radius 1 is 0.969 bits per heavy atom. The fourth-order valence-electron chi connectivity index (χ4n) is 4.49. The lowest BCUT2D eigenvalue weighted by Crippen LogP contribution is -2.36. The first kappa shape index (κ1) is 20.4. The van der Waals surface area contributed by atoms with Crippen molar-refractivity contribution in [2.45, 2.75) is 6.42 Å². The van der Waals surface area contributed by atoms with Crippen molar-refractivity contribution in [1.29, 1.82) is 0 Å². The summed E-state index contributed by atoms with van der Waals surface area (Å²) in [5.41, 5.74) is 4.03. The number of fused-ring (bicyclic) bond motifs is 1. The first-order chi connectivity index (χ1) is 15.8. The average molecular weight is 423 g/mol. The lowest BCUT2D eigenvalue weighted by atomic mass is 9.96. The van der Waals surface area contributed by atoms with Gasteiger partial charge in [-0.15, -0.1) is 0 Å². The minimum atomic E-state index is 0.0719. The van der Waals surface area contributed by atoms with E-state index in [-0.39, 0.29) is 11.8 Å². The molecular weight excluding hydrogens is 396 g/mol. The maximum atomic E-state index is 13.6. The quantitative estimate of drug-likeness (QED) is 0.452. The molecule has 0 radical (unpaired) electrons. The van der Waals surface area contributed by atoms with Gasteiger partial charge < -0.3 is 9.64 Å². The normalized spacial score (nSPS) is 16.6. The summed E-state index contributed by atoms with van der Waals surface area (Å²) in [6.07, 6.45) is 4.59. The number of carbonyl (C=O) groups excluding carboxylic acids is 1. The molecule has 32 heavy (non-hydrogen) atoms. The summed E-state index contributed by atoms with van der Waals surface area (Å²) in [4.78, 5) is 19.8. The largest absolute Gasteiger partial charge is 0.379 e. The highest BCUT2D eigenvalue weighted by Gasteiger charge is 2.25. The topological polar surface area (TPSA) is 42.4 Å². The third-order valence-corrected chi connectivity index (χ3v) is 6.10. The third kappa shape index (κ3) is 4.41. The van der Waals surface area contributed by atoms with Crippen LogP contribution in [0.3, 0.4) is 0 Å². The van der Waals surface area contributed by atoms with Gasteiger partial charge >= 0.3 is 0 Å². The second-order valence-corrected chi connectivity index (χ2v) is 8.37. The fourth-order valence-corrected chi connectivity index (χ4v) is 4.49. The van der Waals surface area contributed by atoms with Crippen molar-refractivity contribution in [3.8, 4) is 11.1 Å². The van der Waals surface area contributed by atoms with Gasteiger partial charge in [0.15, 0.2) is 0 Å². The van der Waals surface area contributed by atoms with Crippen LogP contribution in [0.1, 0.15) is 15.9 Å². The molecule has 4 aromatic rings. The molecule has 160 valence electrons. The number of hydrogen-bond acceptors (Lipinski definition) is 3. The van der Waals surface area contributed by atoms with E-state index in [9.17, 15) is 4.79 Å². The third-order valence-electron chi connectivity index (χ3n) is 6.10. The lowest BCUT2D eigenvalue weighted by molar-refractivity contribution is 0.0738. The highest BCUT2D eigenvalue weighted by atomic mass is 16.5. The minimum Gasteiger partial charge on any atom is -0.379 e. The first-order valence-electron chi connectivity index (χ1n) is 11.1. The van der Waals surface area contributed by atoms with Gasteiger partial charge in [0.1, 0.15) is 0 Å². The van der Waals surface area contributed by atoms with E-state index >= 15 is 0 Å². The average Bonchev–Trinajstić information content (AvgIpc) is 3.09. The smallest absolute Gasteiger partial charge is 0.254 e. The van der Waals surface area contributed by atoms with Crippen molar-refractivity contribution in [2.24, 2.45) is 5.92 Å². The highest BCUT2D eigenvalue weighted by Crippen LogP contribution is 2.26. The number of pyridine rings is 1. The molecule has 0 bridgehead atoms. The van der Waals surface area contributed by atoms with Crippen molar-refractivity contribution in [3.63, 3.8) is 0 Å². The van der Waals surface area contributed by atoms with Crippen LogP contribution >= 0.6 is 0 Å². The van der Waals surface area contributed by atoms with Crippen molar-refractivity contribution in [2.75, 3.05) is 26.3 Å². The van der Waals surface area contributed by atoms with Gasteiger partial charge in [0.05, 0.1) is 13.2 Å². The Morgan fingerprint density at radius 2 is 1.81 bits per heavy atom. The van der Waals surface area contributed by atoms with Crippen LogP contribution in [0.2, 0.25) is 0 Å². The van der Waals surface area contributed by atoms with Crippen LogP contribution in [0.25, 0.3) is 21.9 Å². The summed E-state index contributed by atoms with van der Waals surface area (Å²) in [5.74, 6) is 0.321. The zero-order valence-electron chi connectivity index (χ0n) is 18.0. The molecule has 1 aliphatic heterocycles. The van der Waals surface area contributed by atoms with E-state index < -0.39 is 0 Å². The fraction of sp³-hybridized carbons (Fsp3) is 0.214. The Kier molecular flexibility index (Phi) is 5.95. The van der Waals surface area contributed by atoms with Gasteiger partial charge in [-0.05, 0) is 46.7 Å². The van der Waals surface area contributed by atoms with E-state index in [0.717, 1.165) is 28.5 Å². The maximum absolute atomic E-state index is 13.6. The van der Waals surface area contributed by atoms with Crippen LogP contribution in [-0.2, 0) is 11.2 Å².